The molecule has 2 heterocycles. The number of sulfone groups is 1. The molecule has 168 valence electrons. The van der Waals surface area contributed by atoms with Gasteiger partial charge in [-0.25, -0.2) is 18.4 Å². The van der Waals surface area contributed by atoms with Crippen LogP contribution in [0.4, 0.5) is 13.2 Å². The smallest absolute Gasteiger partial charge is 0.369 e. The van der Waals surface area contributed by atoms with Crippen molar-refractivity contribution in [2.75, 3.05) is 12.8 Å². The molecular weight excluding hydrogens is 457 g/mol. The lowest BCUT2D eigenvalue weighted by Crippen LogP contribution is -2.54. The van der Waals surface area contributed by atoms with Crippen LogP contribution in [0.2, 0.25) is 5.15 Å². The van der Waals surface area contributed by atoms with E-state index >= 15 is 0 Å². The number of hydrogen-bond acceptors (Lipinski definition) is 6. The molecule has 2 aromatic rings. The summed E-state index contributed by atoms with van der Waals surface area (Å²) in [5.41, 5.74) is 5.80. The van der Waals surface area contributed by atoms with Gasteiger partial charge in [0.25, 0.3) is 0 Å². The number of amides is 1. The summed E-state index contributed by atoms with van der Waals surface area (Å²) in [6.07, 6.45) is -4.05. The second-order valence-corrected chi connectivity index (χ2v) is 9.71. The summed E-state index contributed by atoms with van der Waals surface area (Å²) in [5, 5.41) is -0.818. The monoisotopic (exact) mass is 476 g/mol. The van der Waals surface area contributed by atoms with Crippen LogP contribution in [0, 0.1) is 5.92 Å². The van der Waals surface area contributed by atoms with Gasteiger partial charge in [0, 0.05) is 12.8 Å². The Morgan fingerprint density at radius 3 is 2.42 bits per heavy atom. The van der Waals surface area contributed by atoms with Crippen LogP contribution in [-0.4, -0.2) is 54.2 Å². The summed E-state index contributed by atoms with van der Waals surface area (Å²) in [6, 6.07) is 6.39. The molecule has 0 spiro atoms. The Morgan fingerprint density at radius 1 is 1.23 bits per heavy atom. The molecule has 3 rings (SSSR count). The Morgan fingerprint density at radius 2 is 1.87 bits per heavy atom. The van der Waals surface area contributed by atoms with Gasteiger partial charge in [-0.1, -0.05) is 41.9 Å². The van der Waals surface area contributed by atoms with Gasteiger partial charge in [0.1, 0.15) is 11.2 Å². The van der Waals surface area contributed by atoms with Crippen LogP contribution in [0.3, 0.4) is 0 Å². The maximum atomic E-state index is 13.9. The van der Waals surface area contributed by atoms with E-state index in [1.165, 1.54) is 6.07 Å². The zero-order valence-corrected chi connectivity index (χ0v) is 18.0. The Bertz CT molecular complexity index is 1070. The molecule has 1 saturated heterocycles. The fourth-order valence-corrected chi connectivity index (χ4v) is 4.53. The highest BCUT2D eigenvalue weighted by Gasteiger charge is 2.50. The van der Waals surface area contributed by atoms with E-state index in [9.17, 15) is 26.4 Å². The van der Waals surface area contributed by atoms with Crippen molar-refractivity contribution in [1.82, 2.24) is 14.9 Å². The lowest BCUT2D eigenvalue weighted by atomic mass is 9.88. The summed E-state index contributed by atoms with van der Waals surface area (Å²) in [5.74, 6) is -1.49. The van der Waals surface area contributed by atoms with Gasteiger partial charge in [0.2, 0.25) is 20.9 Å². The van der Waals surface area contributed by atoms with Crippen LogP contribution < -0.4 is 5.73 Å². The van der Waals surface area contributed by atoms with Crippen molar-refractivity contribution >= 4 is 27.3 Å². The van der Waals surface area contributed by atoms with Crippen molar-refractivity contribution in [2.45, 2.75) is 36.3 Å². The van der Waals surface area contributed by atoms with Crippen molar-refractivity contribution in [3.8, 4) is 0 Å². The number of rotatable bonds is 5. The van der Waals surface area contributed by atoms with Crippen molar-refractivity contribution in [3.63, 3.8) is 0 Å². The van der Waals surface area contributed by atoms with Gasteiger partial charge in [-0.2, -0.15) is 13.2 Å². The molecule has 12 heteroatoms. The third-order valence-corrected chi connectivity index (χ3v) is 6.19. The molecule has 1 aromatic heterocycles. The molecular formula is C19H20ClF3N4O3S. The molecule has 0 bridgehead atoms. The topological polar surface area (TPSA) is 106 Å². The number of carbonyl (C=O) groups excluding carboxylic acids is 1. The zero-order chi connectivity index (χ0) is 23.0. The van der Waals surface area contributed by atoms with E-state index < -0.39 is 45.1 Å². The van der Waals surface area contributed by atoms with Gasteiger partial charge >= 0.3 is 6.18 Å². The number of nitrogens with two attached hydrogens (primary N) is 1. The van der Waals surface area contributed by atoms with Crippen LogP contribution in [-0.2, 0) is 14.6 Å². The van der Waals surface area contributed by atoms with Crippen molar-refractivity contribution in [3.05, 3.63) is 52.8 Å². The van der Waals surface area contributed by atoms with E-state index in [0.717, 1.165) is 11.2 Å². The van der Waals surface area contributed by atoms with Gasteiger partial charge in [0.15, 0.2) is 0 Å². The summed E-state index contributed by atoms with van der Waals surface area (Å²) in [4.78, 5) is 20.6. The summed E-state index contributed by atoms with van der Waals surface area (Å²) >= 11 is 6.00. The van der Waals surface area contributed by atoms with Crippen LogP contribution in [0.15, 0.2) is 41.6 Å². The fraction of sp³-hybridized carbons (Fsp3) is 0.421. The molecule has 0 aliphatic carbocycles. The van der Waals surface area contributed by atoms with E-state index in [1.54, 1.807) is 30.3 Å². The third kappa shape index (κ3) is 5.34. The summed E-state index contributed by atoms with van der Waals surface area (Å²) < 4.78 is 65.8. The second kappa shape index (κ2) is 8.71. The molecule has 3 unspecified atom stereocenters. The lowest BCUT2D eigenvalue weighted by molar-refractivity contribution is -0.200. The van der Waals surface area contributed by atoms with Gasteiger partial charge in [-0.15, -0.1) is 0 Å². The molecule has 1 fully saturated rings. The maximum Gasteiger partial charge on any atom is 0.404 e. The Kier molecular flexibility index (Phi) is 6.59. The summed E-state index contributed by atoms with van der Waals surface area (Å²) in [6.45, 7) is -0.269. The molecule has 1 aromatic carbocycles. The first-order valence-electron chi connectivity index (χ1n) is 9.29. The average Bonchev–Trinajstić information content (AvgIpc) is 2.67. The van der Waals surface area contributed by atoms with E-state index in [4.69, 9.17) is 17.3 Å². The van der Waals surface area contributed by atoms with E-state index in [-0.39, 0.29) is 30.2 Å². The molecule has 2 N–H and O–H groups in total. The number of halogens is 4. The highest BCUT2D eigenvalue weighted by Crippen LogP contribution is 2.41. The Labute approximate surface area is 182 Å². The van der Waals surface area contributed by atoms with Gasteiger partial charge < -0.3 is 5.73 Å². The van der Waals surface area contributed by atoms with Crippen molar-refractivity contribution in [1.29, 1.82) is 0 Å². The molecule has 1 aliphatic rings. The van der Waals surface area contributed by atoms with Crippen LogP contribution >= 0.6 is 11.6 Å². The average molecular weight is 477 g/mol. The molecule has 0 saturated carbocycles. The number of likely N-dealkylation sites (tertiary alicyclic amines) is 1. The first-order chi connectivity index (χ1) is 14.4. The molecule has 7 nitrogen and oxygen atoms in total. The van der Waals surface area contributed by atoms with E-state index in [0.29, 0.717) is 5.56 Å². The zero-order valence-electron chi connectivity index (χ0n) is 16.4. The number of alkyl halides is 3. The number of benzene rings is 1. The predicted molar refractivity (Wildman–Crippen MR) is 107 cm³/mol. The van der Waals surface area contributed by atoms with Gasteiger partial charge in [-0.05, 0) is 24.5 Å². The molecule has 1 amide bonds. The van der Waals surface area contributed by atoms with Crippen molar-refractivity contribution < 1.29 is 26.4 Å². The minimum atomic E-state index is -4.59. The first kappa shape index (κ1) is 23.4. The molecule has 3 atom stereocenters. The number of hydrogen-bond donors (Lipinski definition) is 1. The largest absolute Gasteiger partial charge is 0.404 e. The number of carbonyl (C=O) groups is 1. The van der Waals surface area contributed by atoms with Gasteiger partial charge in [0.05, 0.1) is 17.7 Å². The SMILES string of the molecule is CS(=O)(=O)c1nc(Cl)cc(C(c2ccccc2)N2CC(C(N)=O)CCC2C(F)(F)F)n1. The van der Waals surface area contributed by atoms with Gasteiger partial charge in [-0.3, -0.25) is 9.69 Å². The van der Waals surface area contributed by atoms with Crippen LogP contribution in [0.25, 0.3) is 0 Å². The summed E-state index contributed by atoms with van der Waals surface area (Å²) in [7, 11) is -3.88. The maximum absolute atomic E-state index is 13.9. The number of nitrogens with zero attached hydrogens (tertiary/aromatic N) is 3. The molecule has 0 radical (unpaired) electrons. The number of piperidine rings is 1. The van der Waals surface area contributed by atoms with Crippen LogP contribution in [0.5, 0.6) is 0 Å². The highest BCUT2D eigenvalue weighted by molar-refractivity contribution is 7.90. The minimum Gasteiger partial charge on any atom is -0.369 e. The normalized spacial score (nSPS) is 21.6. The standard InChI is InChI=1S/C19H20ClF3N4O3S/c1-31(29,30)18-25-13(9-15(20)26-18)16(11-5-3-2-4-6-11)27-10-12(17(24)28)7-8-14(27)19(21,22)23/h2-6,9,12,14,16H,7-8,10H2,1H3,(H2,24,28). The minimum absolute atomic E-state index is 0.00333. The number of primary amides is 1. The predicted octanol–water partition coefficient (Wildman–Crippen LogP) is 2.75. The van der Waals surface area contributed by atoms with Crippen LogP contribution in [0.1, 0.15) is 30.1 Å². The second-order valence-electron chi connectivity index (χ2n) is 7.41. The quantitative estimate of drug-likeness (QED) is 0.525. The Hall–Kier alpha value is -2.24. The fourth-order valence-electron chi connectivity index (χ4n) is 3.75. The molecule has 1 aliphatic heterocycles. The highest BCUT2D eigenvalue weighted by atomic mass is 35.5. The lowest BCUT2D eigenvalue weighted by Gasteiger charge is -2.44. The van der Waals surface area contributed by atoms with E-state index in [1.807, 2.05) is 0 Å². The third-order valence-electron chi connectivity index (χ3n) is 5.15. The van der Waals surface area contributed by atoms with E-state index in [2.05, 4.69) is 9.97 Å². The molecule has 31 heavy (non-hydrogen) atoms. The Balaban J connectivity index is 2.21. The number of aromatic nitrogens is 2. The first-order valence-corrected chi connectivity index (χ1v) is 11.6. The van der Waals surface area contributed by atoms with Crippen molar-refractivity contribution in [2.24, 2.45) is 11.7 Å².